The van der Waals surface area contributed by atoms with Gasteiger partial charge in [-0.1, -0.05) is 0 Å². The Morgan fingerprint density at radius 1 is 1.89 bits per heavy atom. The molecular weight excluding hydrogens is 116 g/mol. The Morgan fingerprint density at radius 3 is 2.78 bits per heavy atom. The number of carbonyl (C=O) groups excluding carboxylic acids is 1. The van der Waals surface area contributed by atoms with Crippen LogP contribution >= 0.6 is 0 Å². The van der Waals surface area contributed by atoms with E-state index in [0.29, 0.717) is 0 Å². The first-order valence-electron chi connectivity index (χ1n) is 3.21. The zero-order chi connectivity index (χ0) is 6.85. The van der Waals surface area contributed by atoms with Crippen LogP contribution in [0.3, 0.4) is 0 Å². The largest absolute Gasteiger partial charge is 0.341 e. The van der Waals surface area contributed by atoms with Crippen molar-refractivity contribution in [1.29, 1.82) is 0 Å². The fraction of sp³-hybridized carbons (Fsp3) is 0.833. The van der Waals surface area contributed by atoms with Crippen molar-refractivity contribution in [3.63, 3.8) is 0 Å². The lowest BCUT2D eigenvalue weighted by molar-refractivity contribution is -0.127. The summed E-state index contributed by atoms with van der Waals surface area (Å²) in [5.41, 5.74) is 5.57. The van der Waals surface area contributed by atoms with E-state index in [9.17, 15) is 4.79 Å². The molecule has 0 unspecified atom stereocenters. The van der Waals surface area contributed by atoms with Gasteiger partial charge in [0.2, 0.25) is 5.91 Å². The molecule has 1 atom stereocenters. The second-order valence-corrected chi connectivity index (χ2v) is 2.51. The molecular formula is C6H14N2O. The number of nitrogens with two attached hydrogens (primary N) is 1. The van der Waals surface area contributed by atoms with Gasteiger partial charge in [0.1, 0.15) is 0 Å². The van der Waals surface area contributed by atoms with Crippen molar-refractivity contribution in [3.05, 3.63) is 0 Å². The molecule has 1 amide bonds. The van der Waals surface area contributed by atoms with E-state index >= 15 is 0 Å². The van der Waals surface area contributed by atoms with Gasteiger partial charge in [-0.25, -0.2) is 0 Å². The van der Waals surface area contributed by atoms with Crippen LogP contribution in [0.2, 0.25) is 0 Å². The Bertz CT molecular complexity index is 129. The van der Waals surface area contributed by atoms with Gasteiger partial charge in [0.15, 0.2) is 0 Å². The fourth-order valence-electron chi connectivity index (χ4n) is 1.07. The van der Waals surface area contributed by atoms with Crippen molar-refractivity contribution >= 4 is 5.91 Å². The summed E-state index contributed by atoms with van der Waals surface area (Å²) in [6.07, 6.45) is 0.958. The Kier molecular flexibility index (Phi) is 1.71. The number of nitrogens with zero attached hydrogens (tertiary/aromatic N) is 1. The second kappa shape index (κ2) is 2.35. The highest BCUT2D eigenvalue weighted by molar-refractivity contribution is 5.73. The summed E-state index contributed by atoms with van der Waals surface area (Å²) in [5, 5.41) is 0. The molecule has 3 nitrogen and oxygen atoms in total. The summed E-state index contributed by atoms with van der Waals surface area (Å²) in [6, 6.07) is 0.217. The van der Waals surface area contributed by atoms with Crippen LogP contribution < -0.4 is 5.73 Å². The maximum atomic E-state index is 10.7. The summed E-state index contributed by atoms with van der Waals surface area (Å²) in [5.74, 6) is 0.142. The van der Waals surface area contributed by atoms with Crippen LogP contribution in [0.4, 0.5) is 0 Å². The molecule has 0 saturated carbocycles. The quantitative estimate of drug-likeness (QED) is 0.494. The van der Waals surface area contributed by atoms with E-state index < -0.39 is 0 Å². The first-order chi connectivity index (χ1) is 4.20. The van der Waals surface area contributed by atoms with Crippen LogP contribution in [0.1, 0.15) is 14.8 Å². The lowest BCUT2D eigenvalue weighted by Crippen LogP contribution is -2.29. The molecule has 0 bridgehead atoms. The highest BCUT2D eigenvalue weighted by Crippen LogP contribution is 2.05. The number of carbonyl (C=O) groups is 1. The Hall–Kier alpha value is -0.570. The van der Waals surface area contributed by atoms with E-state index in [2.05, 4.69) is 0 Å². The number of hydrogen-bond donors (Lipinski definition) is 1. The Balaban J connectivity index is 0.000000810. The predicted molar refractivity (Wildman–Crippen MR) is 37.0 cm³/mol. The van der Waals surface area contributed by atoms with Crippen LogP contribution in [0, 0.1) is 0 Å². The number of amides is 1. The van der Waals surface area contributed by atoms with Gasteiger partial charge in [0.05, 0.1) is 0 Å². The minimum absolute atomic E-state index is 0. The molecule has 0 aliphatic carbocycles. The van der Waals surface area contributed by atoms with E-state index in [1.165, 1.54) is 0 Å². The maximum absolute atomic E-state index is 10.7. The third kappa shape index (κ3) is 1.42. The van der Waals surface area contributed by atoms with Gasteiger partial charge in [0, 0.05) is 27.5 Å². The van der Waals surface area contributed by atoms with Crippen molar-refractivity contribution in [2.75, 3.05) is 13.1 Å². The van der Waals surface area contributed by atoms with Crippen LogP contribution in [0.15, 0.2) is 0 Å². The van der Waals surface area contributed by atoms with Gasteiger partial charge >= 0.3 is 0 Å². The molecule has 0 aromatic heterocycles. The molecule has 0 radical (unpaired) electrons. The van der Waals surface area contributed by atoms with Gasteiger partial charge in [0.25, 0.3) is 0 Å². The molecule has 2 N–H and O–H groups in total. The molecule has 0 spiro atoms. The monoisotopic (exact) mass is 130 g/mol. The third-order valence-corrected chi connectivity index (χ3v) is 1.67. The zero-order valence-corrected chi connectivity index (χ0v) is 5.63. The second-order valence-electron chi connectivity index (χ2n) is 2.51. The van der Waals surface area contributed by atoms with Crippen LogP contribution in [-0.2, 0) is 4.79 Å². The summed E-state index contributed by atoms with van der Waals surface area (Å²) in [4.78, 5) is 12.4. The van der Waals surface area contributed by atoms with Crippen molar-refractivity contribution in [2.24, 2.45) is 5.73 Å². The van der Waals surface area contributed by atoms with E-state index in [-0.39, 0.29) is 13.4 Å². The first kappa shape index (κ1) is 6.55. The molecule has 1 aliphatic rings. The van der Waals surface area contributed by atoms with Crippen LogP contribution in [-0.4, -0.2) is 29.9 Å². The molecule has 0 aromatic rings. The SMILES string of the molecule is CC(=O)N1CC[C@H](N)C1.[HH]. The first-order valence-corrected chi connectivity index (χ1v) is 3.21. The lowest BCUT2D eigenvalue weighted by Gasteiger charge is -2.11. The molecule has 9 heavy (non-hydrogen) atoms. The number of likely N-dealkylation sites (tertiary alicyclic amines) is 1. The minimum Gasteiger partial charge on any atom is -0.341 e. The van der Waals surface area contributed by atoms with E-state index in [1.54, 1.807) is 11.8 Å². The van der Waals surface area contributed by atoms with Crippen molar-refractivity contribution in [1.82, 2.24) is 4.90 Å². The average molecular weight is 130 g/mol. The Labute approximate surface area is 56.3 Å². The summed E-state index contributed by atoms with van der Waals surface area (Å²) in [6.45, 7) is 3.17. The summed E-state index contributed by atoms with van der Waals surface area (Å²) in [7, 11) is 0. The number of rotatable bonds is 0. The predicted octanol–water partition coefficient (Wildman–Crippen LogP) is -0.188. The average Bonchev–Trinajstić information content (AvgIpc) is 2.14. The molecule has 1 rings (SSSR count). The minimum atomic E-state index is 0. The van der Waals surface area contributed by atoms with Crippen molar-refractivity contribution in [2.45, 2.75) is 19.4 Å². The van der Waals surface area contributed by atoms with Crippen molar-refractivity contribution in [3.8, 4) is 0 Å². The molecule has 1 saturated heterocycles. The normalized spacial score (nSPS) is 26.9. The fourth-order valence-corrected chi connectivity index (χ4v) is 1.07. The smallest absolute Gasteiger partial charge is 0.219 e. The molecule has 3 heteroatoms. The lowest BCUT2D eigenvalue weighted by atomic mass is 10.3. The van der Waals surface area contributed by atoms with Crippen LogP contribution in [0.25, 0.3) is 0 Å². The highest BCUT2D eigenvalue weighted by atomic mass is 16.2. The van der Waals surface area contributed by atoms with E-state index in [4.69, 9.17) is 5.73 Å². The molecule has 1 aliphatic heterocycles. The number of hydrogen-bond acceptors (Lipinski definition) is 2. The third-order valence-electron chi connectivity index (χ3n) is 1.67. The topological polar surface area (TPSA) is 46.3 Å². The summed E-state index contributed by atoms with van der Waals surface area (Å²) >= 11 is 0. The Morgan fingerprint density at radius 2 is 2.56 bits per heavy atom. The van der Waals surface area contributed by atoms with Crippen LogP contribution in [0.5, 0.6) is 0 Å². The molecule has 54 valence electrons. The maximum Gasteiger partial charge on any atom is 0.219 e. The molecule has 1 heterocycles. The van der Waals surface area contributed by atoms with E-state index in [1.807, 2.05) is 0 Å². The van der Waals surface area contributed by atoms with Gasteiger partial charge < -0.3 is 10.6 Å². The van der Waals surface area contributed by atoms with Gasteiger partial charge in [-0.2, -0.15) is 0 Å². The standard InChI is InChI=1S/C6H12N2O.H2/c1-5(9)8-3-2-6(7)4-8;/h6H,2-4,7H2,1H3;1H/t6-;/m0./s1. The zero-order valence-electron chi connectivity index (χ0n) is 5.63. The van der Waals surface area contributed by atoms with Gasteiger partial charge in [-0.3, -0.25) is 4.79 Å². The highest BCUT2D eigenvalue weighted by Gasteiger charge is 2.20. The van der Waals surface area contributed by atoms with Crippen molar-refractivity contribution < 1.29 is 6.22 Å². The van der Waals surface area contributed by atoms with Gasteiger partial charge in [-0.05, 0) is 6.42 Å². The van der Waals surface area contributed by atoms with E-state index in [0.717, 1.165) is 19.5 Å². The molecule has 1 fully saturated rings. The summed E-state index contributed by atoms with van der Waals surface area (Å²) < 4.78 is 0. The molecule has 0 aromatic carbocycles. The van der Waals surface area contributed by atoms with Gasteiger partial charge in [-0.15, -0.1) is 0 Å².